The molecule has 17 heavy (non-hydrogen) atoms. The summed E-state index contributed by atoms with van der Waals surface area (Å²) in [4.78, 5) is 0. The third kappa shape index (κ3) is 5.23. The van der Waals surface area contributed by atoms with Gasteiger partial charge in [0, 0.05) is 25.0 Å². The summed E-state index contributed by atoms with van der Waals surface area (Å²) >= 11 is 0. The van der Waals surface area contributed by atoms with Crippen LogP contribution in [0.5, 0.6) is 0 Å². The van der Waals surface area contributed by atoms with Gasteiger partial charge in [-0.3, -0.25) is 0 Å². The molecule has 1 aromatic rings. The third-order valence-corrected chi connectivity index (χ3v) is 2.25. The van der Waals surface area contributed by atoms with Crippen molar-refractivity contribution in [3.8, 4) is 0 Å². The van der Waals surface area contributed by atoms with E-state index in [9.17, 15) is 18.3 Å². The molecule has 0 aliphatic rings. The van der Waals surface area contributed by atoms with Gasteiger partial charge in [0.1, 0.15) is 6.61 Å². The largest absolute Gasteiger partial charge is 0.411 e. The molecule has 0 radical (unpaired) electrons. The van der Waals surface area contributed by atoms with E-state index < -0.39 is 18.9 Å². The average molecular weight is 251 g/mol. The zero-order chi connectivity index (χ0) is 12.9. The van der Waals surface area contributed by atoms with Crippen molar-refractivity contribution in [1.29, 1.82) is 0 Å². The molecule has 0 aliphatic heterocycles. The lowest BCUT2D eigenvalue weighted by Gasteiger charge is -2.12. The van der Waals surface area contributed by atoms with Crippen molar-refractivity contribution in [2.75, 3.05) is 13.2 Å². The number of aromatic nitrogens is 1. The van der Waals surface area contributed by atoms with Crippen LogP contribution in [-0.2, 0) is 11.3 Å². The first-order valence-corrected chi connectivity index (χ1v) is 5.38. The van der Waals surface area contributed by atoms with Gasteiger partial charge in [0.05, 0.1) is 6.10 Å². The zero-order valence-electron chi connectivity index (χ0n) is 9.57. The molecular formula is C11H16F3NO2. The molecule has 1 unspecified atom stereocenters. The molecule has 0 aliphatic carbocycles. The smallest absolute Gasteiger partial charge is 0.387 e. The molecule has 0 spiro atoms. The van der Waals surface area contributed by atoms with E-state index in [1.54, 1.807) is 25.3 Å². The first-order valence-electron chi connectivity index (χ1n) is 5.38. The highest BCUT2D eigenvalue weighted by Gasteiger charge is 2.27. The number of aliphatic hydroxyl groups is 1. The molecular weight excluding hydrogens is 235 g/mol. The van der Waals surface area contributed by atoms with Gasteiger partial charge in [-0.25, -0.2) is 0 Å². The Bertz CT molecular complexity index is 334. The highest BCUT2D eigenvalue weighted by Crippen LogP contribution is 2.15. The Morgan fingerprint density at radius 3 is 2.76 bits per heavy atom. The van der Waals surface area contributed by atoms with E-state index in [0.717, 1.165) is 5.69 Å². The van der Waals surface area contributed by atoms with Crippen LogP contribution in [0, 0.1) is 0 Å². The van der Waals surface area contributed by atoms with Crippen LogP contribution in [0.2, 0.25) is 0 Å². The lowest BCUT2D eigenvalue weighted by atomic mass is 10.3. The van der Waals surface area contributed by atoms with Crippen molar-refractivity contribution in [1.82, 2.24) is 4.57 Å². The second-order valence-electron chi connectivity index (χ2n) is 3.82. The van der Waals surface area contributed by atoms with E-state index in [2.05, 4.69) is 4.74 Å². The van der Waals surface area contributed by atoms with E-state index in [1.807, 2.05) is 4.57 Å². The number of rotatable bonds is 6. The Balaban J connectivity index is 2.25. The molecule has 0 saturated carbocycles. The molecule has 0 aromatic carbocycles. The van der Waals surface area contributed by atoms with Gasteiger partial charge >= 0.3 is 6.18 Å². The normalized spacial score (nSPS) is 13.9. The summed E-state index contributed by atoms with van der Waals surface area (Å²) in [6, 6.07) is 3.57. The molecule has 0 bridgehead atoms. The van der Waals surface area contributed by atoms with Crippen LogP contribution in [0.15, 0.2) is 18.3 Å². The highest BCUT2D eigenvalue weighted by molar-refractivity contribution is 5.09. The number of hydrogen-bond donors (Lipinski definition) is 1. The number of nitrogens with zero attached hydrogens (tertiary/aromatic N) is 1. The molecule has 0 saturated heterocycles. The van der Waals surface area contributed by atoms with Crippen molar-refractivity contribution in [2.24, 2.45) is 0 Å². The molecule has 0 fully saturated rings. The quantitative estimate of drug-likeness (QED) is 0.788. The number of hydrogen-bond acceptors (Lipinski definition) is 2. The fourth-order valence-corrected chi connectivity index (χ4v) is 1.54. The topological polar surface area (TPSA) is 34.4 Å². The molecule has 6 heteroatoms. The minimum atomic E-state index is -4.27. The number of aliphatic hydroxyl groups excluding tert-OH is 1. The van der Waals surface area contributed by atoms with Crippen LogP contribution < -0.4 is 0 Å². The zero-order valence-corrected chi connectivity index (χ0v) is 9.57. The summed E-state index contributed by atoms with van der Waals surface area (Å²) in [5, 5.41) is 9.40. The molecule has 0 amide bonds. The van der Waals surface area contributed by atoms with Crippen molar-refractivity contribution in [3.63, 3.8) is 0 Å². The van der Waals surface area contributed by atoms with Gasteiger partial charge in [0.25, 0.3) is 0 Å². The summed E-state index contributed by atoms with van der Waals surface area (Å²) in [6.45, 7) is 1.02. The SMILES string of the molecule is CC(O)c1cccn1CCCOCC(F)(F)F. The molecule has 1 N–H and O–H groups in total. The Morgan fingerprint density at radius 1 is 1.47 bits per heavy atom. The van der Waals surface area contributed by atoms with Crippen LogP contribution in [-0.4, -0.2) is 29.1 Å². The van der Waals surface area contributed by atoms with Gasteiger partial charge in [-0.1, -0.05) is 0 Å². The first-order chi connectivity index (χ1) is 7.90. The Labute approximate surface area is 97.8 Å². The molecule has 1 rings (SSSR count). The van der Waals surface area contributed by atoms with Crippen LogP contribution >= 0.6 is 0 Å². The van der Waals surface area contributed by atoms with E-state index in [0.29, 0.717) is 13.0 Å². The van der Waals surface area contributed by atoms with Gasteiger partial charge in [-0.05, 0) is 25.5 Å². The Morgan fingerprint density at radius 2 is 2.18 bits per heavy atom. The van der Waals surface area contributed by atoms with E-state index in [-0.39, 0.29) is 6.61 Å². The average Bonchev–Trinajstić information content (AvgIpc) is 2.63. The summed E-state index contributed by atoms with van der Waals surface area (Å²) < 4.78 is 41.6. The first kappa shape index (κ1) is 14.1. The highest BCUT2D eigenvalue weighted by atomic mass is 19.4. The van der Waals surface area contributed by atoms with Crippen molar-refractivity contribution >= 4 is 0 Å². The summed E-state index contributed by atoms with van der Waals surface area (Å²) in [7, 11) is 0. The standard InChI is InChI=1S/C11H16F3NO2/c1-9(16)10-4-2-5-15(10)6-3-7-17-8-11(12,13)14/h2,4-5,9,16H,3,6-8H2,1H3. The van der Waals surface area contributed by atoms with E-state index >= 15 is 0 Å². The molecule has 1 heterocycles. The lowest BCUT2D eigenvalue weighted by Crippen LogP contribution is -2.18. The summed E-state index contributed by atoms with van der Waals surface area (Å²) in [6.07, 6.45) is -2.59. The number of ether oxygens (including phenoxy) is 1. The number of aryl methyl sites for hydroxylation is 1. The Hall–Kier alpha value is -1.01. The van der Waals surface area contributed by atoms with Crippen LogP contribution in [0.1, 0.15) is 25.1 Å². The maximum Gasteiger partial charge on any atom is 0.411 e. The minimum absolute atomic E-state index is 0.0525. The monoisotopic (exact) mass is 251 g/mol. The third-order valence-electron chi connectivity index (χ3n) is 2.25. The van der Waals surface area contributed by atoms with Crippen molar-refractivity contribution in [3.05, 3.63) is 24.0 Å². The molecule has 3 nitrogen and oxygen atoms in total. The minimum Gasteiger partial charge on any atom is -0.387 e. The van der Waals surface area contributed by atoms with E-state index in [1.165, 1.54) is 0 Å². The van der Waals surface area contributed by atoms with Crippen LogP contribution in [0.3, 0.4) is 0 Å². The molecule has 98 valence electrons. The lowest BCUT2D eigenvalue weighted by molar-refractivity contribution is -0.174. The maximum atomic E-state index is 11.8. The predicted octanol–water partition coefficient (Wildman–Crippen LogP) is 2.51. The summed E-state index contributed by atoms with van der Waals surface area (Å²) in [5.74, 6) is 0. The maximum absolute atomic E-state index is 11.8. The molecule has 1 aromatic heterocycles. The van der Waals surface area contributed by atoms with Crippen LogP contribution in [0.25, 0.3) is 0 Å². The molecule has 1 atom stereocenters. The predicted molar refractivity (Wildman–Crippen MR) is 56.6 cm³/mol. The summed E-state index contributed by atoms with van der Waals surface area (Å²) in [5.41, 5.74) is 0.751. The number of alkyl halides is 3. The fourth-order valence-electron chi connectivity index (χ4n) is 1.54. The Kier molecular flexibility index (Phi) is 5.02. The van der Waals surface area contributed by atoms with E-state index in [4.69, 9.17) is 0 Å². The number of halogens is 3. The second-order valence-corrected chi connectivity index (χ2v) is 3.82. The van der Waals surface area contributed by atoms with Crippen LogP contribution in [0.4, 0.5) is 13.2 Å². The fraction of sp³-hybridized carbons (Fsp3) is 0.636. The second kappa shape index (κ2) is 6.07. The van der Waals surface area contributed by atoms with Gasteiger partial charge in [0.2, 0.25) is 0 Å². The van der Waals surface area contributed by atoms with Gasteiger partial charge < -0.3 is 14.4 Å². The van der Waals surface area contributed by atoms with Gasteiger partial charge in [0.15, 0.2) is 0 Å². The van der Waals surface area contributed by atoms with Gasteiger partial charge in [-0.15, -0.1) is 0 Å². The van der Waals surface area contributed by atoms with Gasteiger partial charge in [-0.2, -0.15) is 13.2 Å². The van der Waals surface area contributed by atoms with Crippen molar-refractivity contribution in [2.45, 2.75) is 32.2 Å². The van der Waals surface area contributed by atoms with Crippen molar-refractivity contribution < 1.29 is 23.0 Å².